The minimum absolute atomic E-state index is 0. The summed E-state index contributed by atoms with van der Waals surface area (Å²) in [5.74, 6) is 0.921. The summed E-state index contributed by atoms with van der Waals surface area (Å²) in [4.78, 5) is 0. The second kappa shape index (κ2) is 10.5. The topological polar surface area (TPSA) is 30.5 Å². The number of benzene rings is 2. The molecule has 1 N–H and O–H groups in total. The van der Waals surface area contributed by atoms with Gasteiger partial charge in [0.25, 0.3) is 0 Å². The van der Waals surface area contributed by atoms with E-state index < -0.39 is 0 Å². The van der Waals surface area contributed by atoms with Crippen molar-refractivity contribution < 1.29 is 13.9 Å². The first-order valence-corrected chi connectivity index (χ1v) is 9.85. The van der Waals surface area contributed by atoms with Gasteiger partial charge in [-0.05, 0) is 55.5 Å². The van der Waals surface area contributed by atoms with E-state index in [2.05, 4.69) is 39.9 Å². The van der Waals surface area contributed by atoms with Crippen molar-refractivity contribution in [1.82, 2.24) is 5.32 Å². The van der Waals surface area contributed by atoms with E-state index >= 15 is 0 Å². The molecule has 0 fully saturated rings. The summed E-state index contributed by atoms with van der Waals surface area (Å²) in [5, 5.41) is 3.97. The Morgan fingerprint density at radius 2 is 1.69 bits per heavy atom. The zero-order chi connectivity index (χ0) is 20.9. The molecule has 0 aliphatic heterocycles. The van der Waals surface area contributed by atoms with E-state index in [0.717, 1.165) is 24.1 Å². The lowest BCUT2D eigenvalue weighted by molar-refractivity contribution is 0.240. The van der Waals surface area contributed by atoms with Crippen LogP contribution in [0.1, 0.15) is 52.2 Å². The third kappa shape index (κ3) is 8.41. The van der Waals surface area contributed by atoms with E-state index in [1.807, 2.05) is 18.2 Å². The molecule has 0 saturated carbocycles. The second-order valence-electron chi connectivity index (χ2n) is 8.98. The average molecular weight is 444 g/mol. The van der Waals surface area contributed by atoms with Gasteiger partial charge in [-0.15, -0.1) is 12.4 Å². The summed E-state index contributed by atoms with van der Waals surface area (Å²) < 4.78 is 24.5. The van der Waals surface area contributed by atoms with Gasteiger partial charge < -0.3 is 14.8 Å². The van der Waals surface area contributed by atoms with E-state index in [9.17, 15) is 4.39 Å². The molecule has 0 aliphatic carbocycles. The molecule has 0 saturated heterocycles. The minimum Gasteiger partial charge on any atom is -0.493 e. The van der Waals surface area contributed by atoms with E-state index in [-0.39, 0.29) is 35.8 Å². The quantitative estimate of drug-likeness (QED) is 0.486. The van der Waals surface area contributed by atoms with Crippen molar-refractivity contribution in [2.45, 2.75) is 59.7 Å². The molecule has 0 aromatic heterocycles. The van der Waals surface area contributed by atoms with Crippen LogP contribution in [0.3, 0.4) is 0 Å². The van der Waals surface area contributed by atoms with Gasteiger partial charge >= 0.3 is 0 Å². The van der Waals surface area contributed by atoms with Crippen molar-refractivity contribution in [2.24, 2.45) is 5.41 Å². The Kier molecular flexibility index (Phi) is 9.26. The first kappa shape index (κ1) is 25.5. The summed E-state index contributed by atoms with van der Waals surface area (Å²) in [7, 11) is 1.62. The molecule has 0 aliphatic rings. The lowest BCUT2D eigenvalue weighted by Gasteiger charge is -2.33. The van der Waals surface area contributed by atoms with Gasteiger partial charge in [0.05, 0.1) is 12.1 Å². The summed E-state index contributed by atoms with van der Waals surface area (Å²) >= 11 is 6.06. The molecule has 0 unspecified atom stereocenters. The maximum absolute atomic E-state index is 13.2. The van der Waals surface area contributed by atoms with Crippen LogP contribution in [0.5, 0.6) is 11.5 Å². The fourth-order valence-electron chi connectivity index (χ4n) is 3.47. The molecule has 29 heavy (non-hydrogen) atoms. The number of hydrogen-bond donors (Lipinski definition) is 1. The van der Waals surface area contributed by atoms with Crippen LogP contribution in [0.4, 0.5) is 4.39 Å². The third-order valence-electron chi connectivity index (χ3n) is 4.37. The maximum atomic E-state index is 13.2. The number of nitrogens with one attached hydrogen (secondary N) is 1. The molecular weight excluding hydrogens is 412 g/mol. The van der Waals surface area contributed by atoms with Crippen LogP contribution in [0, 0.1) is 11.2 Å². The fourth-order valence-corrected chi connectivity index (χ4v) is 3.69. The zero-order valence-corrected chi connectivity index (χ0v) is 19.6. The molecule has 0 heterocycles. The first-order chi connectivity index (χ1) is 13.0. The van der Waals surface area contributed by atoms with Crippen molar-refractivity contribution in [3.63, 3.8) is 0 Å². The van der Waals surface area contributed by atoms with Crippen molar-refractivity contribution in [1.29, 1.82) is 0 Å². The molecule has 0 amide bonds. The van der Waals surface area contributed by atoms with Crippen LogP contribution in [-0.4, -0.2) is 12.6 Å². The summed E-state index contributed by atoms with van der Waals surface area (Å²) in [6, 6.07) is 10.2. The van der Waals surface area contributed by atoms with Crippen molar-refractivity contribution >= 4 is 24.0 Å². The van der Waals surface area contributed by atoms with Crippen LogP contribution >= 0.6 is 24.0 Å². The van der Waals surface area contributed by atoms with Gasteiger partial charge in [0.15, 0.2) is 11.5 Å². The molecule has 3 nitrogen and oxygen atoms in total. The number of hydrogen-bond acceptors (Lipinski definition) is 3. The molecule has 162 valence electrons. The van der Waals surface area contributed by atoms with Crippen molar-refractivity contribution in [3.05, 3.63) is 58.4 Å². The molecule has 0 radical (unpaired) electrons. The predicted molar refractivity (Wildman–Crippen MR) is 121 cm³/mol. The minimum atomic E-state index is -0.363. The highest BCUT2D eigenvalue weighted by atomic mass is 35.5. The van der Waals surface area contributed by atoms with Gasteiger partial charge in [0.2, 0.25) is 0 Å². The Bertz CT molecular complexity index is 804. The molecule has 2 rings (SSSR count). The van der Waals surface area contributed by atoms with Crippen LogP contribution in [0.2, 0.25) is 5.02 Å². The van der Waals surface area contributed by atoms with Crippen LogP contribution in [0.15, 0.2) is 36.4 Å². The number of halogens is 3. The number of rotatable bonds is 8. The highest BCUT2D eigenvalue weighted by molar-refractivity contribution is 6.31. The second-order valence-corrected chi connectivity index (χ2v) is 9.39. The van der Waals surface area contributed by atoms with Gasteiger partial charge in [-0.25, -0.2) is 4.39 Å². The van der Waals surface area contributed by atoms with Crippen molar-refractivity contribution in [3.8, 4) is 11.5 Å². The molecule has 6 heteroatoms. The third-order valence-corrected chi connectivity index (χ3v) is 4.72. The highest BCUT2D eigenvalue weighted by Gasteiger charge is 2.24. The molecular formula is C23H32Cl2FNO2. The SMILES string of the molecule is COc1cc(CNC(C)(C)CC(C)(C)C)ccc1OCc1ccc(F)cc1Cl.Cl. The number of methoxy groups -OCH3 is 1. The van der Waals surface area contributed by atoms with Gasteiger partial charge in [-0.2, -0.15) is 0 Å². The Hall–Kier alpha value is -1.49. The first-order valence-electron chi connectivity index (χ1n) is 9.48. The highest BCUT2D eigenvalue weighted by Crippen LogP contribution is 2.31. The van der Waals surface area contributed by atoms with Crippen LogP contribution in [0.25, 0.3) is 0 Å². The van der Waals surface area contributed by atoms with E-state index in [1.54, 1.807) is 13.2 Å². The lowest BCUT2D eigenvalue weighted by atomic mass is 9.82. The summed E-state index contributed by atoms with van der Waals surface area (Å²) in [5.41, 5.74) is 2.12. The predicted octanol–water partition coefficient (Wildman–Crippen LogP) is 6.79. The van der Waals surface area contributed by atoms with Crippen LogP contribution in [-0.2, 0) is 13.2 Å². The van der Waals surface area contributed by atoms with Gasteiger partial charge in [0, 0.05) is 17.6 Å². The fraction of sp³-hybridized carbons (Fsp3) is 0.478. The van der Waals surface area contributed by atoms with E-state index in [1.165, 1.54) is 12.1 Å². The largest absolute Gasteiger partial charge is 0.493 e. The van der Waals surface area contributed by atoms with E-state index in [4.69, 9.17) is 21.1 Å². The molecule has 0 bridgehead atoms. The average Bonchev–Trinajstić information content (AvgIpc) is 2.57. The van der Waals surface area contributed by atoms with Gasteiger partial charge in [-0.3, -0.25) is 0 Å². The molecule has 2 aromatic rings. The molecule has 0 atom stereocenters. The van der Waals surface area contributed by atoms with Gasteiger partial charge in [0.1, 0.15) is 12.4 Å². The Morgan fingerprint density at radius 1 is 1.00 bits per heavy atom. The Morgan fingerprint density at radius 3 is 2.28 bits per heavy atom. The lowest BCUT2D eigenvalue weighted by Crippen LogP contribution is -2.41. The zero-order valence-electron chi connectivity index (χ0n) is 18.1. The number of ether oxygens (including phenoxy) is 2. The Labute approximate surface area is 185 Å². The maximum Gasteiger partial charge on any atom is 0.161 e. The Balaban J connectivity index is 0.00000420. The summed E-state index contributed by atoms with van der Waals surface area (Å²) in [6.45, 7) is 12.2. The van der Waals surface area contributed by atoms with Gasteiger partial charge in [-0.1, -0.05) is 44.5 Å². The van der Waals surface area contributed by atoms with E-state index in [0.29, 0.717) is 16.5 Å². The standard InChI is InChI=1S/C23H31ClFNO2.ClH/c1-22(2,3)15-23(4,5)26-13-16-7-10-20(21(11-16)27-6)28-14-17-8-9-18(25)12-19(17)24;/h7-12,26H,13-15H2,1-6H3;1H. The monoisotopic (exact) mass is 443 g/mol. The van der Waals surface area contributed by atoms with Crippen molar-refractivity contribution in [2.75, 3.05) is 7.11 Å². The normalized spacial score (nSPS) is 11.7. The van der Waals surface area contributed by atoms with Crippen LogP contribution < -0.4 is 14.8 Å². The molecule has 2 aromatic carbocycles. The summed E-state index contributed by atoms with van der Waals surface area (Å²) in [6.07, 6.45) is 1.07. The smallest absolute Gasteiger partial charge is 0.161 e. The molecule has 0 spiro atoms.